The number of hydrogen-bond acceptors (Lipinski definition) is 5. The molecule has 1 amide bonds. The number of hydrogen-bond donors (Lipinski definition) is 1. The summed E-state index contributed by atoms with van der Waals surface area (Å²) in [6.45, 7) is 3.56. The van der Waals surface area contributed by atoms with Gasteiger partial charge in [0.25, 0.3) is 5.91 Å². The molecule has 1 atom stereocenters. The Balaban J connectivity index is 1.73. The summed E-state index contributed by atoms with van der Waals surface area (Å²) in [5, 5.41) is 11.4. The van der Waals surface area contributed by atoms with E-state index in [9.17, 15) is 9.59 Å². The van der Waals surface area contributed by atoms with Crippen molar-refractivity contribution >= 4 is 29.3 Å². The fourth-order valence-corrected chi connectivity index (χ4v) is 2.90. The molecule has 0 bridgehead atoms. The van der Waals surface area contributed by atoms with Gasteiger partial charge in [0.15, 0.2) is 6.10 Å². The van der Waals surface area contributed by atoms with Gasteiger partial charge in [0.05, 0.1) is 18.1 Å². The first-order valence-electron chi connectivity index (χ1n) is 8.18. The summed E-state index contributed by atoms with van der Waals surface area (Å²) in [4.78, 5) is 25.1. The molecule has 0 saturated carbocycles. The van der Waals surface area contributed by atoms with Gasteiger partial charge >= 0.3 is 5.97 Å². The highest BCUT2D eigenvalue weighted by molar-refractivity contribution is 7.99. The minimum Gasteiger partial charge on any atom is -0.453 e. The average Bonchev–Trinajstić information content (AvgIpc) is 2.64. The maximum Gasteiger partial charge on any atom is 0.307 e. The SMILES string of the molecule is Cc1ccc(SCCC(=O)O[C@@H](C)C(=O)Nc2ccc(C#N)cc2)cc1. The van der Waals surface area contributed by atoms with Crippen LogP contribution in [0.3, 0.4) is 0 Å². The first kappa shape index (κ1) is 19.5. The largest absolute Gasteiger partial charge is 0.453 e. The molecule has 0 heterocycles. The number of benzene rings is 2. The highest BCUT2D eigenvalue weighted by atomic mass is 32.2. The normalized spacial score (nSPS) is 11.3. The predicted octanol–water partition coefficient (Wildman–Crippen LogP) is 3.92. The van der Waals surface area contributed by atoms with Crippen molar-refractivity contribution in [1.29, 1.82) is 5.26 Å². The molecule has 134 valence electrons. The second-order valence-corrected chi connectivity index (χ2v) is 6.89. The van der Waals surface area contributed by atoms with Gasteiger partial charge in [-0.3, -0.25) is 9.59 Å². The van der Waals surface area contributed by atoms with Crippen LogP contribution in [0.5, 0.6) is 0 Å². The van der Waals surface area contributed by atoms with Crippen LogP contribution in [0.2, 0.25) is 0 Å². The summed E-state index contributed by atoms with van der Waals surface area (Å²) >= 11 is 1.57. The van der Waals surface area contributed by atoms with Crippen molar-refractivity contribution in [3.63, 3.8) is 0 Å². The molecule has 2 aromatic rings. The Morgan fingerprint density at radius 2 is 1.81 bits per heavy atom. The zero-order valence-corrected chi connectivity index (χ0v) is 15.5. The van der Waals surface area contributed by atoms with Crippen LogP contribution < -0.4 is 5.32 Å². The first-order chi connectivity index (χ1) is 12.5. The van der Waals surface area contributed by atoms with Gasteiger partial charge in [0.1, 0.15) is 0 Å². The summed E-state index contributed by atoms with van der Waals surface area (Å²) in [5.41, 5.74) is 2.25. The standard InChI is InChI=1S/C20H20N2O3S/c1-14-3-9-18(10-4-14)26-12-11-19(23)25-15(2)20(24)22-17-7-5-16(13-21)6-8-17/h3-10,15H,11-12H2,1-2H3,(H,22,24)/t15-/m0/s1. The third kappa shape index (κ3) is 6.26. The zero-order chi connectivity index (χ0) is 18.9. The van der Waals surface area contributed by atoms with Crippen LogP contribution in [0.15, 0.2) is 53.4 Å². The number of anilines is 1. The Morgan fingerprint density at radius 1 is 1.15 bits per heavy atom. The van der Waals surface area contributed by atoms with Crippen molar-refractivity contribution < 1.29 is 14.3 Å². The third-order valence-electron chi connectivity index (χ3n) is 3.55. The quantitative estimate of drug-likeness (QED) is 0.592. The molecule has 0 aliphatic rings. The molecule has 0 aromatic heterocycles. The number of ether oxygens (including phenoxy) is 1. The number of aryl methyl sites for hydroxylation is 1. The average molecular weight is 368 g/mol. The second kappa shape index (κ2) is 9.64. The molecule has 0 unspecified atom stereocenters. The Hall–Kier alpha value is -2.78. The molecule has 5 nitrogen and oxygen atoms in total. The molecular weight excluding hydrogens is 348 g/mol. The molecule has 1 N–H and O–H groups in total. The van der Waals surface area contributed by atoms with E-state index >= 15 is 0 Å². The molecule has 2 rings (SSSR count). The van der Waals surface area contributed by atoms with Crippen LogP contribution in [0.1, 0.15) is 24.5 Å². The second-order valence-electron chi connectivity index (χ2n) is 5.72. The topological polar surface area (TPSA) is 79.2 Å². The van der Waals surface area contributed by atoms with Crippen LogP contribution in [-0.4, -0.2) is 23.7 Å². The van der Waals surface area contributed by atoms with Crippen molar-refractivity contribution in [2.24, 2.45) is 0 Å². The molecule has 0 saturated heterocycles. The number of rotatable bonds is 7. The summed E-state index contributed by atoms with van der Waals surface area (Å²) in [6, 6.07) is 16.5. The summed E-state index contributed by atoms with van der Waals surface area (Å²) in [5.74, 6) is -0.229. The van der Waals surface area contributed by atoms with E-state index in [0.29, 0.717) is 17.0 Å². The van der Waals surface area contributed by atoms with Crippen molar-refractivity contribution in [3.8, 4) is 6.07 Å². The van der Waals surface area contributed by atoms with E-state index in [2.05, 4.69) is 5.32 Å². The van der Waals surface area contributed by atoms with Crippen LogP contribution in [-0.2, 0) is 14.3 Å². The number of thioether (sulfide) groups is 1. The Morgan fingerprint density at radius 3 is 2.42 bits per heavy atom. The van der Waals surface area contributed by atoms with Crippen molar-refractivity contribution in [2.75, 3.05) is 11.1 Å². The molecule has 0 aliphatic heterocycles. The number of nitrogens with zero attached hydrogens (tertiary/aromatic N) is 1. The van der Waals surface area contributed by atoms with Gasteiger partial charge < -0.3 is 10.1 Å². The van der Waals surface area contributed by atoms with Gasteiger partial charge in [-0.1, -0.05) is 17.7 Å². The lowest BCUT2D eigenvalue weighted by Gasteiger charge is -2.13. The van der Waals surface area contributed by atoms with Crippen molar-refractivity contribution in [2.45, 2.75) is 31.3 Å². The predicted molar refractivity (Wildman–Crippen MR) is 102 cm³/mol. The van der Waals surface area contributed by atoms with Gasteiger partial charge in [-0.2, -0.15) is 5.26 Å². The first-order valence-corrected chi connectivity index (χ1v) is 9.16. The molecule has 26 heavy (non-hydrogen) atoms. The van der Waals surface area contributed by atoms with E-state index in [1.54, 1.807) is 36.0 Å². The number of amides is 1. The van der Waals surface area contributed by atoms with Crippen LogP contribution in [0, 0.1) is 18.3 Å². The fourth-order valence-electron chi connectivity index (χ4n) is 2.07. The maximum absolute atomic E-state index is 12.1. The molecule has 0 aliphatic carbocycles. The molecule has 6 heteroatoms. The maximum atomic E-state index is 12.1. The van der Waals surface area contributed by atoms with Gasteiger partial charge in [-0.25, -0.2) is 0 Å². The Labute approximate surface area is 157 Å². The summed E-state index contributed by atoms with van der Waals surface area (Å²) < 4.78 is 5.17. The van der Waals surface area contributed by atoms with Gasteiger partial charge in [0, 0.05) is 16.3 Å². The number of nitriles is 1. The van der Waals surface area contributed by atoms with E-state index < -0.39 is 18.0 Å². The van der Waals surface area contributed by atoms with E-state index in [1.807, 2.05) is 37.3 Å². The Kier molecular flexibility index (Phi) is 7.24. The lowest BCUT2D eigenvalue weighted by Crippen LogP contribution is -2.30. The highest BCUT2D eigenvalue weighted by Crippen LogP contribution is 2.19. The molecule has 2 aromatic carbocycles. The minimum absolute atomic E-state index is 0.229. The number of carbonyl (C=O) groups is 2. The minimum atomic E-state index is -0.887. The van der Waals surface area contributed by atoms with Crippen LogP contribution in [0.25, 0.3) is 0 Å². The van der Waals surface area contributed by atoms with E-state index in [0.717, 1.165) is 4.90 Å². The monoisotopic (exact) mass is 368 g/mol. The fraction of sp³-hybridized carbons (Fsp3) is 0.250. The Bertz CT molecular complexity index is 795. The zero-order valence-electron chi connectivity index (χ0n) is 14.7. The number of carbonyl (C=O) groups excluding carboxylic acids is 2. The highest BCUT2D eigenvalue weighted by Gasteiger charge is 2.17. The molecular formula is C20H20N2O3S. The van der Waals surface area contributed by atoms with Crippen molar-refractivity contribution in [1.82, 2.24) is 0 Å². The van der Waals surface area contributed by atoms with Crippen LogP contribution >= 0.6 is 11.8 Å². The number of esters is 1. The van der Waals surface area contributed by atoms with E-state index in [1.165, 1.54) is 12.5 Å². The van der Waals surface area contributed by atoms with E-state index in [4.69, 9.17) is 10.00 Å². The lowest BCUT2D eigenvalue weighted by atomic mass is 10.2. The lowest BCUT2D eigenvalue weighted by molar-refractivity contribution is -0.152. The van der Waals surface area contributed by atoms with Gasteiger partial charge in [-0.05, 0) is 50.2 Å². The van der Waals surface area contributed by atoms with Crippen LogP contribution in [0.4, 0.5) is 5.69 Å². The van der Waals surface area contributed by atoms with Gasteiger partial charge in [0.2, 0.25) is 0 Å². The third-order valence-corrected chi connectivity index (χ3v) is 4.57. The molecule has 0 radical (unpaired) electrons. The smallest absolute Gasteiger partial charge is 0.307 e. The van der Waals surface area contributed by atoms with Gasteiger partial charge in [-0.15, -0.1) is 11.8 Å². The molecule has 0 fully saturated rings. The summed E-state index contributed by atoms with van der Waals surface area (Å²) in [7, 11) is 0. The van der Waals surface area contributed by atoms with Crippen molar-refractivity contribution in [3.05, 3.63) is 59.7 Å². The molecule has 0 spiro atoms. The summed E-state index contributed by atoms with van der Waals surface area (Å²) in [6.07, 6.45) is -0.657. The number of nitrogens with one attached hydrogen (secondary N) is 1. The van der Waals surface area contributed by atoms with E-state index in [-0.39, 0.29) is 6.42 Å².